The molecule has 2 aliphatic carbocycles. The number of ether oxygens (including phenoxy) is 1. The molecule has 0 heterocycles. The Balaban J connectivity index is 0.000000203. The first-order chi connectivity index (χ1) is 8.65. The minimum Gasteiger partial charge on any atom is -0.462 e. The third-order valence-corrected chi connectivity index (χ3v) is 5.02. The van der Waals surface area contributed by atoms with Crippen molar-refractivity contribution < 1.29 is 14.3 Å². The highest BCUT2D eigenvalue weighted by Crippen LogP contribution is 2.63. The van der Waals surface area contributed by atoms with E-state index in [0.717, 1.165) is 12.8 Å². The topological polar surface area (TPSA) is 69.4 Å². The SMILES string of the molecule is CC(C)OC(=O)CN.CC12CCC(CC1=O)C2(C)C. The van der Waals surface area contributed by atoms with Gasteiger partial charge in [0.05, 0.1) is 12.6 Å². The van der Waals surface area contributed by atoms with Crippen molar-refractivity contribution in [2.45, 2.75) is 60.0 Å². The van der Waals surface area contributed by atoms with Crippen molar-refractivity contribution in [2.24, 2.45) is 22.5 Å². The molecule has 0 aliphatic heterocycles. The van der Waals surface area contributed by atoms with Crippen molar-refractivity contribution in [2.75, 3.05) is 6.54 Å². The number of rotatable bonds is 2. The van der Waals surface area contributed by atoms with Crippen LogP contribution in [0, 0.1) is 16.7 Å². The predicted molar refractivity (Wildman–Crippen MR) is 74.5 cm³/mol. The van der Waals surface area contributed by atoms with E-state index in [1.807, 2.05) is 0 Å². The zero-order chi connectivity index (χ0) is 14.8. The number of Topliss-reactive ketones (excluding diaryl/α,β-unsaturated/α-hetero) is 1. The van der Waals surface area contributed by atoms with E-state index in [4.69, 9.17) is 5.73 Å². The summed E-state index contributed by atoms with van der Waals surface area (Å²) in [6, 6.07) is 0. The standard InChI is InChI=1S/C10H16O.C5H11NO2/c1-9(2)7-4-5-10(9,3)8(11)6-7;1-4(2)8-5(7)3-6/h7H,4-6H2,1-3H3;4H,3,6H2,1-2H3. The lowest BCUT2D eigenvalue weighted by atomic mass is 9.70. The molecular weight excluding hydrogens is 242 g/mol. The molecule has 0 amide bonds. The molecule has 4 nitrogen and oxygen atoms in total. The summed E-state index contributed by atoms with van der Waals surface area (Å²) in [5, 5.41) is 0. The average molecular weight is 269 g/mol. The summed E-state index contributed by atoms with van der Waals surface area (Å²) in [5.74, 6) is 0.846. The zero-order valence-electron chi connectivity index (χ0n) is 12.8. The van der Waals surface area contributed by atoms with Gasteiger partial charge in [0.1, 0.15) is 5.78 Å². The van der Waals surface area contributed by atoms with E-state index in [-0.39, 0.29) is 29.4 Å². The summed E-state index contributed by atoms with van der Waals surface area (Å²) in [6.07, 6.45) is 3.20. The summed E-state index contributed by atoms with van der Waals surface area (Å²) in [4.78, 5) is 21.8. The van der Waals surface area contributed by atoms with Crippen LogP contribution in [-0.4, -0.2) is 24.4 Å². The minimum atomic E-state index is -0.347. The van der Waals surface area contributed by atoms with Gasteiger partial charge in [-0.05, 0) is 38.0 Å². The highest BCUT2D eigenvalue weighted by Gasteiger charge is 2.61. The third kappa shape index (κ3) is 2.99. The lowest BCUT2D eigenvalue weighted by Gasteiger charge is -2.32. The van der Waals surface area contributed by atoms with Crippen molar-refractivity contribution in [1.29, 1.82) is 0 Å². The van der Waals surface area contributed by atoms with Gasteiger partial charge >= 0.3 is 5.97 Å². The van der Waals surface area contributed by atoms with E-state index in [0.29, 0.717) is 11.7 Å². The van der Waals surface area contributed by atoms with Gasteiger partial charge in [-0.3, -0.25) is 9.59 Å². The van der Waals surface area contributed by atoms with Gasteiger partial charge in [0.25, 0.3) is 0 Å². The first kappa shape index (κ1) is 16.2. The Morgan fingerprint density at radius 3 is 2.16 bits per heavy atom. The first-order valence-corrected chi connectivity index (χ1v) is 7.08. The van der Waals surface area contributed by atoms with E-state index >= 15 is 0 Å². The van der Waals surface area contributed by atoms with Crippen LogP contribution in [0.5, 0.6) is 0 Å². The fourth-order valence-electron chi connectivity index (χ4n) is 3.21. The van der Waals surface area contributed by atoms with Gasteiger partial charge < -0.3 is 10.5 Å². The Morgan fingerprint density at radius 2 is 2.00 bits per heavy atom. The Bertz CT molecular complexity index is 362. The lowest BCUT2D eigenvalue weighted by Crippen LogP contribution is -2.32. The molecule has 2 N–H and O–H groups in total. The summed E-state index contributed by atoms with van der Waals surface area (Å²) in [6.45, 7) is 10.2. The molecule has 0 radical (unpaired) electrons. The lowest BCUT2D eigenvalue weighted by molar-refractivity contribution is -0.145. The van der Waals surface area contributed by atoms with E-state index in [2.05, 4.69) is 25.5 Å². The Kier molecular flexibility index (Phi) is 4.77. The van der Waals surface area contributed by atoms with Crippen LogP contribution in [0.4, 0.5) is 0 Å². The monoisotopic (exact) mass is 269 g/mol. The number of hydrogen-bond acceptors (Lipinski definition) is 4. The Morgan fingerprint density at radius 1 is 1.42 bits per heavy atom. The molecule has 19 heavy (non-hydrogen) atoms. The van der Waals surface area contributed by atoms with Gasteiger partial charge in [-0.15, -0.1) is 0 Å². The largest absolute Gasteiger partial charge is 0.462 e. The molecule has 2 aliphatic rings. The third-order valence-electron chi connectivity index (χ3n) is 5.02. The number of esters is 1. The first-order valence-electron chi connectivity index (χ1n) is 7.08. The van der Waals surface area contributed by atoms with Gasteiger partial charge in [0.2, 0.25) is 0 Å². The van der Waals surface area contributed by atoms with E-state index < -0.39 is 0 Å². The van der Waals surface area contributed by atoms with Gasteiger partial charge in [0.15, 0.2) is 0 Å². The quantitative estimate of drug-likeness (QED) is 0.781. The molecular formula is C15H27NO3. The number of carbonyl (C=O) groups excluding carboxylic acids is 2. The second-order valence-electron chi connectivity index (χ2n) is 6.66. The molecule has 2 unspecified atom stereocenters. The zero-order valence-corrected chi connectivity index (χ0v) is 12.8. The number of fused-ring (bicyclic) bond motifs is 2. The minimum absolute atomic E-state index is 0.0255. The fraction of sp³-hybridized carbons (Fsp3) is 0.867. The molecule has 2 atom stereocenters. The number of ketones is 1. The number of carbonyl (C=O) groups is 2. The second kappa shape index (κ2) is 5.61. The van der Waals surface area contributed by atoms with Crippen LogP contribution in [0.3, 0.4) is 0 Å². The van der Waals surface area contributed by atoms with Crippen molar-refractivity contribution in [1.82, 2.24) is 0 Å². The molecule has 2 rings (SSSR count). The van der Waals surface area contributed by atoms with Gasteiger partial charge in [-0.2, -0.15) is 0 Å². The molecule has 2 saturated carbocycles. The Labute approximate surface area is 116 Å². The van der Waals surface area contributed by atoms with Gasteiger partial charge in [0, 0.05) is 11.8 Å². The van der Waals surface area contributed by atoms with E-state index in [1.165, 1.54) is 6.42 Å². The summed E-state index contributed by atoms with van der Waals surface area (Å²) >= 11 is 0. The molecule has 0 aromatic rings. The van der Waals surface area contributed by atoms with E-state index in [1.54, 1.807) is 13.8 Å². The average Bonchev–Trinajstić information content (AvgIpc) is 2.62. The van der Waals surface area contributed by atoms with Crippen LogP contribution < -0.4 is 5.73 Å². The van der Waals surface area contributed by atoms with Crippen LogP contribution in [0.15, 0.2) is 0 Å². The van der Waals surface area contributed by atoms with Crippen LogP contribution in [0.1, 0.15) is 53.9 Å². The highest BCUT2D eigenvalue weighted by atomic mass is 16.5. The second-order valence-corrected chi connectivity index (χ2v) is 6.66. The van der Waals surface area contributed by atoms with Crippen LogP contribution in [0.25, 0.3) is 0 Å². The van der Waals surface area contributed by atoms with Crippen molar-refractivity contribution in [3.8, 4) is 0 Å². The molecule has 0 spiro atoms. The molecule has 0 saturated heterocycles. The summed E-state index contributed by atoms with van der Waals surface area (Å²) in [7, 11) is 0. The van der Waals surface area contributed by atoms with Crippen LogP contribution in [-0.2, 0) is 14.3 Å². The van der Waals surface area contributed by atoms with Crippen molar-refractivity contribution in [3.05, 3.63) is 0 Å². The molecule has 2 fully saturated rings. The van der Waals surface area contributed by atoms with Crippen molar-refractivity contribution >= 4 is 11.8 Å². The van der Waals surface area contributed by atoms with Gasteiger partial charge in [-0.25, -0.2) is 0 Å². The van der Waals surface area contributed by atoms with Crippen molar-refractivity contribution in [3.63, 3.8) is 0 Å². The Hall–Kier alpha value is -0.900. The maximum absolute atomic E-state index is 11.6. The van der Waals surface area contributed by atoms with E-state index in [9.17, 15) is 9.59 Å². The number of nitrogens with two attached hydrogens (primary N) is 1. The van der Waals surface area contributed by atoms with Crippen LogP contribution >= 0.6 is 0 Å². The molecule has 4 heteroatoms. The summed E-state index contributed by atoms with van der Waals surface area (Å²) < 4.78 is 4.64. The predicted octanol–water partition coefficient (Wildman–Crippen LogP) is 2.30. The molecule has 0 aromatic heterocycles. The highest BCUT2D eigenvalue weighted by molar-refractivity contribution is 5.89. The smallest absolute Gasteiger partial charge is 0.319 e. The summed E-state index contributed by atoms with van der Waals surface area (Å²) in [5.41, 5.74) is 5.25. The molecule has 2 bridgehead atoms. The van der Waals surface area contributed by atoms with Gasteiger partial charge in [-0.1, -0.05) is 20.8 Å². The van der Waals surface area contributed by atoms with Crippen LogP contribution in [0.2, 0.25) is 0 Å². The maximum atomic E-state index is 11.6. The fourth-order valence-corrected chi connectivity index (χ4v) is 3.21. The molecule has 110 valence electrons. The maximum Gasteiger partial charge on any atom is 0.319 e. The number of hydrogen-bond donors (Lipinski definition) is 1. The molecule has 0 aromatic carbocycles. The normalized spacial score (nSPS) is 31.1.